The Balaban J connectivity index is 0.980. The molecular formula is C54H44S12. The molecular weight excluding hydrogens is 1030 g/mol. The first-order chi connectivity index (χ1) is 31.9. The van der Waals surface area contributed by atoms with Crippen LogP contribution in [-0.4, -0.2) is 0 Å². The molecule has 0 radical (unpaired) electrons. The second kappa shape index (κ2) is 20.9. The van der Waals surface area contributed by atoms with E-state index in [9.17, 15) is 0 Å². The Kier molecular flexibility index (Phi) is 15.2. The zero-order valence-electron chi connectivity index (χ0n) is 37.4. The van der Waals surface area contributed by atoms with Crippen molar-refractivity contribution in [1.29, 1.82) is 0 Å². The number of thioether (sulfide) groups is 12. The molecule has 6 aliphatic heterocycles. The van der Waals surface area contributed by atoms with E-state index in [2.05, 4.69) is 177 Å². The summed E-state index contributed by atoms with van der Waals surface area (Å²) in [4.78, 5) is 16.5. The summed E-state index contributed by atoms with van der Waals surface area (Å²) in [5, 5.41) is 0. The van der Waals surface area contributed by atoms with Gasteiger partial charge in [0.25, 0.3) is 0 Å². The molecule has 0 N–H and O–H groups in total. The third-order valence-electron chi connectivity index (χ3n) is 11.2. The quantitative estimate of drug-likeness (QED) is 0.165. The number of hydrogen-bond donors (Lipinski definition) is 0. The van der Waals surface area contributed by atoms with Crippen LogP contribution in [0.1, 0.15) is 99.9 Å². The normalized spacial score (nSPS) is 19.2. The highest BCUT2D eigenvalue weighted by atomic mass is 32.2. The highest BCUT2D eigenvalue weighted by Gasteiger charge is 2.32. The Morgan fingerprint density at radius 3 is 0.561 bits per heavy atom. The minimum Gasteiger partial charge on any atom is -0.0866 e. The van der Waals surface area contributed by atoms with Crippen molar-refractivity contribution < 1.29 is 0 Å². The van der Waals surface area contributed by atoms with Crippen LogP contribution in [0.4, 0.5) is 0 Å². The molecule has 66 heavy (non-hydrogen) atoms. The molecule has 0 amide bonds. The molecule has 0 fully saturated rings. The second-order valence-corrected chi connectivity index (χ2v) is 31.6. The Labute approximate surface area is 441 Å². The maximum absolute atomic E-state index is 2.33. The molecule has 0 unspecified atom stereocenters. The first kappa shape index (κ1) is 47.9. The van der Waals surface area contributed by atoms with Crippen molar-refractivity contribution in [2.75, 3.05) is 0 Å². The monoisotopic (exact) mass is 1080 g/mol. The van der Waals surface area contributed by atoms with E-state index >= 15 is 0 Å². The van der Waals surface area contributed by atoms with Crippen molar-refractivity contribution in [3.63, 3.8) is 0 Å². The summed E-state index contributed by atoms with van der Waals surface area (Å²) in [5.41, 5.74) is 9.99. The summed E-state index contributed by atoms with van der Waals surface area (Å²) < 4.78 is 8.07. The van der Waals surface area contributed by atoms with Gasteiger partial charge in [-0.1, -0.05) is 238 Å². The van der Waals surface area contributed by atoms with Gasteiger partial charge >= 0.3 is 0 Å². The highest BCUT2D eigenvalue weighted by Crippen LogP contribution is 2.67. The standard InChI is InChI=1S/C54H44S12/c1-29-30(2)56-45(55-29)25-37-9-17-41(18-10-37)49-50(42-19-11-38(12-20-42)26-46-57-31(3)32(4)58-46)64-53(63-49)54-65-51(43-21-13-39(14-22-43)27-47-59-33(5)34(6)60-47)52(66-54)44-23-15-40(16-24-44)28-48-61-35(7)36(8)62-48/h9-28H,1-8H3. The lowest BCUT2D eigenvalue weighted by Crippen LogP contribution is -1.84. The smallest absolute Gasteiger partial charge is 0.0707 e. The second-order valence-electron chi connectivity index (χ2n) is 15.9. The molecule has 10 rings (SSSR count). The lowest BCUT2D eigenvalue weighted by Gasteiger charge is -2.08. The summed E-state index contributed by atoms with van der Waals surface area (Å²) in [6.07, 6.45) is 9.32. The van der Waals surface area contributed by atoms with Crippen LogP contribution in [-0.2, 0) is 0 Å². The first-order valence-electron chi connectivity index (χ1n) is 21.2. The van der Waals surface area contributed by atoms with Gasteiger partial charge in [0.1, 0.15) is 0 Å². The average molecular weight is 1080 g/mol. The number of allylic oxidation sites excluding steroid dienone is 8. The van der Waals surface area contributed by atoms with Crippen molar-refractivity contribution in [3.8, 4) is 0 Å². The molecule has 0 aliphatic carbocycles. The maximum Gasteiger partial charge on any atom is 0.0707 e. The van der Waals surface area contributed by atoms with Crippen molar-refractivity contribution >= 4 is 185 Å². The number of hydrogen-bond acceptors (Lipinski definition) is 12. The van der Waals surface area contributed by atoms with Gasteiger partial charge in [0.2, 0.25) is 0 Å². The van der Waals surface area contributed by atoms with E-state index in [4.69, 9.17) is 0 Å². The van der Waals surface area contributed by atoms with E-state index in [-0.39, 0.29) is 0 Å². The Morgan fingerprint density at radius 2 is 0.394 bits per heavy atom. The predicted octanol–water partition coefficient (Wildman–Crippen LogP) is 22.2. The number of benzene rings is 4. The van der Waals surface area contributed by atoms with Crippen LogP contribution in [0.25, 0.3) is 43.9 Å². The number of rotatable bonds is 8. The third kappa shape index (κ3) is 10.9. The summed E-state index contributed by atoms with van der Waals surface area (Å²) in [7, 11) is 0. The minimum atomic E-state index is 1.24. The maximum atomic E-state index is 2.33. The van der Waals surface area contributed by atoms with E-state index in [1.807, 2.05) is 141 Å². The van der Waals surface area contributed by atoms with Crippen molar-refractivity contribution in [3.05, 3.63) is 206 Å². The van der Waals surface area contributed by atoms with Gasteiger partial charge in [0, 0.05) is 36.6 Å². The lowest BCUT2D eigenvalue weighted by molar-refractivity contribution is 1.57. The molecule has 0 saturated carbocycles. The first-order valence-corrected chi connectivity index (χ1v) is 31.0. The minimum absolute atomic E-state index is 1.24. The Hall–Kier alpha value is -1.78. The summed E-state index contributed by atoms with van der Waals surface area (Å²) >= 11 is 22.8. The van der Waals surface area contributed by atoms with Crippen molar-refractivity contribution in [2.45, 2.75) is 55.4 Å². The fourth-order valence-corrected chi connectivity index (χ4v) is 22.6. The van der Waals surface area contributed by atoms with E-state index < -0.39 is 0 Å². The third-order valence-corrected chi connectivity index (χ3v) is 27.1. The lowest BCUT2D eigenvalue weighted by atomic mass is 10.1. The van der Waals surface area contributed by atoms with E-state index in [1.165, 1.54) is 129 Å². The van der Waals surface area contributed by atoms with Gasteiger partial charge in [0.05, 0.1) is 8.47 Å². The van der Waals surface area contributed by atoms with Gasteiger partial charge in [-0.05, 0) is 163 Å². The van der Waals surface area contributed by atoms with Gasteiger partial charge in [0.15, 0.2) is 0 Å². The SMILES string of the molecule is CC1=C(C)SC(=Cc2ccc(C3=C(c4ccc(C=C5SC(C)=C(C)S5)cc4)SC(=C4SC(c5ccc(C=C6SC(C)=C(C)S6)cc5)=C(c5ccc(C=C6SC(C)=C(C)S6)cc5)S4)S3)cc2)S1. The summed E-state index contributed by atoms with van der Waals surface area (Å²) in [5.74, 6) is 0. The van der Waals surface area contributed by atoms with Crippen LogP contribution < -0.4 is 0 Å². The summed E-state index contributed by atoms with van der Waals surface area (Å²) in [6.45, 7) is 17.8. The molecule has 332 valence electrons. The fraction of sp³-hybridized carbons (Fsp3) is 0.148. The van der Waals surface area contributed by atoms with Crippen LogP contribution in [0.2, 0.25) is 0 Å². The van der Waals surface area contributed by atoms with Gasteiger partial charge < -0.3 is 0 Å². The van der Waals surface area contributed by atoms with E-state index in [0.717, 1.165) is 0 Å². The molecule has 6 aliphatic rings. The molecule has 0 nitrogen and oxygen atoms in total. The van der Waals surface area contributed by atoms with E-state index in [0.29, 0.717) is 0 Å². The molecule has 0 bridgehead atoms. The zero-order valence-corrected chi connectivity index (χ0v) is 47.2. The van der Waals surface area contributed by atoms with Gasteiger partial charge in [-0.25, -0.2) is 0 Å². The average Bonchev–Trinajstić information content (AvgIpc) is 4.17. The molecule has 0 saturated heterocycles. The van der Waals surface area contributed by atoms with Crippen LogP contribution in [0.3, 0.4) is 0 Å². The van der Waals surface area contributed by atoms with Crippen LogP contribution in [0.5, 0.6) is 0 Å². The fourth-order valence-electron chi connectivity index (χ4n) is 7.09. The Bertz CT molecular complexity index is 2560. The Morgan fingerprint density at radius 1 is 0.227 bits per heavy atom. The summed E-state index contributed by atoms with van der Waals surface area (Å²) in [6, 6.07) is 36.9. The molecule has 0 spiro atoms. The van der Waals surface area contributed by atoms with Gasteiger partial charge in [-0.2, -0.15) is 0 Å². The zero-order chi connectivity index (χ0) is 45.6. The molecule has 0 atom stereocenters. The highest BCUT2D eigenvalue weighted by molar-refractivity contribution is 8.40. The van der Waals surface area contributed by atoms with Gasteiger partial charge in [-0.3, -0.25) is 0 Å². The molecule has 4 aromatic rings. The van der Waals surface area contributed by atoms with Crippen molar-refractivity contribution in [2.24, 2.45) is 0 Å². The molecule has 12 heteroatoms. The van der Waals surface area contributed by atoms with Crippen LogP contribution >= 0.6 is 141 Å². The van der Waals surface area contributed by atoms with E-state index in [1.54, 1.807) is 0 Å². The molecule has 4 aromatic carbocycles. The topological polar surface area (TPSA) is 0 Å². The molecule has 0 aromatic heterocycles. The predicted molar refractivity (Wildman–Crippen MR) is 323 cm³/mol. The largest absolute Gasteiger partial charge is 0.0866 e. The van der Waals surface area contributed by atoms with Crippen LogP contribution in [0, 0.1) is 0 Å². The van der Waals surface area contributed by atoms with Crippen LogP contribution in [0.15, 0.2) is 162 Å². The van der Waals surface area contributed by atoms with Gasteiger partial charge in [-0.15, -0.1) is 0 Å². The van der Waals surface area contributed by atoms with Crippen molar-refractivity contribution in [1.82, 2.24) is 0 Å². The molecule has 6 heterocycles.